The Labute approximate surface area is 223 Å². The zero-order valence-corrected chi connectivity index (χ0v) is 23.9. The third kappa shape index (κ3) is 5.22. The summed E-state index contributed by atoms with van der Waals surface area (Å²) >= 11 is 0. The first-order valence-electron chi connectivity index (χ1n) is 13.8. The van der Waals surface area contributed by atoms with Gasteiger partial charge in [0, 0.05) is 43.6 Å². The molecule has 1 N–H and O–H groups in total. The molecule has 1 unspecified atom stereocenters. The SMILES string of the molecule is CCc1c(C)c2nc(-c3cccnc3N(C)CC)cc(NCc3ccc(C(C)CC)cc3)c2n1C(C)C. The Morgan fingerprint density at radius 2 is 1.76 bits per heavy atom. The summed E-state index contributed by atoms with van der Waals surface area (Å²) in [5.74, 6) is 1.55. The number of fused-ring (bicyclic) bond motifs is 1. The van der Waals surface area contributed by atoms with Crippen molar-refractivity contribution in [3.63, 3.8) is 0 Å². The van der Waals surface area contributed by atoms with E-state index in [4.69, 9.17) is 9.97 Å². The number of rotatable bonds is 10. The van der Waals surface area contributed by atoms with Crippen LogP contribution in [-0.2, 0) is 13.0 Å². The van der Waals surface area contributed by atoms with Crippen molar-refractivity contribution in [2.24, 2.45) is 0 Å². The highest BCUT2D eigenvalue weighted by molar-refractivity contribution is 5.95. The smallest absolute Gasteiger partial charge is 0.137 e. The molecule has 1 aromatic carbocycles. The molecular weight excluding hydrogens is 454 g/mol. The van der Waals surface area contributed by atoms with Crippen LogP contribution in [0.15, 0.2) is 48.7 Å². The fraction of sp³-hybridized carbons (Fsp3) is 0.438. The molecule has 3 heterocycles. The Morgan fingerprint density at radius 1 is 1.03 bits per heavy atom. The predicted octanol–water partition coefficient (Wildman–Crippen LogP) is 8.13. The van der Waals surface area contributed by atoms with Crippen molar-refractivity contribution in [1.82, 2.24) is 14.5 Å². The van der Waals surface area contributed by atoms with Gasteiger partial charge in [-0.2, -0.15) is 0 Å². The van der Waals surface area contributed by atoms with Gasteiger partial charge in [-0.05, 0) is 81.3 Å². The summed E-state index contributed by atoms with van der Waals surface area (Å²) in [7, 11) is 2.09. The maximum atomic E-state index is 5.26. The molecule has 5 nitrogen and oxygen atoms in total. The van der Waals surface area contributed by atoms with Gasteiger partial charge in [0.25, 0.3) is 0 Å². The van der Waals surface area contributed by atoms with Crippen molar-refractivity contribution in [2.45, 2.75) is 79.8 Å². The van der Waals surface area contributed by atoms with Crippen LogP contribution in [0.25, 0.3) is 22.3 Å². The molecule has 0 fully saturated rings. The van der Waals surface area contributed by atoms with Crippen molar-refractivity contribution in [3.05, 3.63) is 71.0 Å². The van der Waals surface area contributed by atoms with E-state index in [1.54, 1.807) is 0 Å². The second-order valence-electron chi connectivity index (χ2n) is 10.4. The summed E-state index contributed by atoms with van der Waals surface area (Å²) < 4.78 is 2.47. The molecule has 0 radical (unpaired) electrons. The Bertz CT molecular complexity index is 1350. The molecular formula is C32H43N5. The van der Waals surface area contributed by atoms with Crippen LogP contribution < -0.4 is 10.2 Å². The summed E-state index contributed by atoms with van der Waals surface area (Å²) in [6, 6.07) is 15.8. The monoisotopic (exact) mass is 497 g/mol. The molecule has 0 aliphatic carbocycles. The molecule has 0 aliphatic heterocycles. The maximum Gasteiger partial charge on any atom is 0.137 e. The Morgan fingerprint density at radius 3 is 2.38 bits per heavy atom. The molecule has 0 aliphatic rings. The third-order valence-electron chi connectivity index (χ3n) is 7.71. The number of nitrogens with zero attached hydrogens (tertiary/aromatic N) is 4. The predicted molar refractivity (Wildman–Crippen MR) is 159 cm³/mol. The highest BCUT2D eigenvalue weighted by Crippen LogP contribution is 2.38. The molecule has 5 heteroatoms. The lowest BCUT2D eigenvalue weighted by Gasteiger charge is -2.20. The highest BCUT2D eigenvalue weighted by atomic mass is 15.2. The summed E-state index contributed by atoms with van der Waals surface area (Å²) in [6.45, 7) is 17.3. The molecule has 0 spiro atoms. The van der Waals surface area contributed by atoms with Gasteiger partial charge in [0.15, 0.2) is 0 Å². The number of benzene rings is 1. The van der Waals surface area contributed by atoms with Crippen LogP contribution in [0.1, 0.15) is 82.3 Å². The number of hydrogen-bond donors (Lipinski definition) is 1. The average Bonchev–Trinajstić information content (AvgIpc) is 3.22. The van der Waals surface area contributed by atoms with E-state index < -0.39 is 0 Å². The molecule has 4 aromatic rings. The third-order valence-corrected chi connectivity index (χ3v) is 7.71. The first-order chi connectivity index (χ1) is 17.8. The Balaban J connectivity index is 1.85. The van der Waals surface area contributed by atoms with Crippen LogP contribution >= 0.6 is 0 Å². The number of aromatic nitrogens is 3. The molecule has 4 rings (SSSR count). The van der Waals surface area contributed by atoms with Gasteiger partial charge in [-0.15, -0.1) is 0 Å². The minimum Gasteiger partial charge on any atom is -0.379 e. The first kappa shape index (κ1) is 26.7. The van der Waals surface area contributed by atoms with Gasteiger partial charge < -0.3 is 14.8 Å². The van der Waals surface area contributed by atoms with Crippen molar-refractivity contribution >= 4 is 22.5 Å². The zero-order valence-electron chi connectivity index (χ0n) is 23.9. The minimum atomic E-state index is 0.342. The van der Waals surface area contributed by atoms with E-state index in [-0.39, 0.29) is 0 Å². The molecule has 0 bridgehead atoms. The van der Waals surface area contributed by atoms with Crippen LogP contribution in [0.4, 0.5) is 11.5 Å². The van der Waals surface area contributed by atoms with E-state index in [2.05, 4.69) is 107 Å². The van der Waals surface area contributed by atoms with Gasteiger partial charge in [-0.25, -0.2) is 9.97 Å². The second kappa shape index (κ2) is 11.4. The largest absolute Gasteiger partial charge is 0.379 e. The first-order valence-corrected chi connectivity index (χ1v) is 13.8. The van der Waals surface area contributed by atoms with Crippen LogP contribution in [0.2, 0.25) is 0 Å². The number of pyridine rings is 2. The standard InChI is InChI=1S/C32H43N5/c1-9-22(6)25-16-14-24(15-17-25)20-34-28-19-27(26-13-12-18-33-32(26)36(8)11-3)35-30-23(7)29(10-2)37(21(4)5)31(28)30/h12-19,21-22H,9-11,20H2,1-8H3,(H,34,35). The van der Waals surface area contributed by atoms with Crippen LogP contribution in [0.3, 0.4) is 0 Å². The lowest BCUT2D eigenvalue weighted by atomic mass is 9.98. The highest BCUT2D eigenvalue weighted by Gasteiger charge is 2.22. The minimum absolute atomic E-state index is 0.342. The topological polar surface area (TPSA) is 46.0 Å². The fourth-order valence-electron chi connectivity index (χ4n) is 5.22. The average molecular weight is 498 g/mol. The number of hydrogen-bond acceptors (Lipinski definition) is 4. The summed E-state index contributed by atoms with van der Waals surface area (Å²) in [6.07, 6.45) is 3.99. The number of nitrogens with one attached hydrogen (secondary N) is 1. The summed E-state index contributed by atoms with van der Waals surface area (Å²) in [4.78, 5) is 12.1. The van der Waals surface area contributed by atoms with E-state index in [1.807, 2.05) is 12.3 Å². The van der Waals surface area contributed by atoms with E-state index in [0.29, 0.717) is 12.0 Å². The molecule has 37 heavy (non-hydrogen) atoms. The maximum absolute atomic E-state index is 5.26. The quantitative estimate of drug-likeness (QED) is 0.240. The normalized spacial score (nSPS) is 12.4. The molecule has 1 atom stereocenters. The van der Waals surface area contributed by atoms with E-state index >= 15 is 0 Å². The fourth-order valence-corrected chi connectivity index (χ4v) is 5.22. The second-order valence-corrected chi connectivity index (χ2v) is 10.4. The Hall–Kier alpha value is -3.34. The van der Waals surface area contributed by atoms with Gasteiger partial charge >= 0.3 is 0 Å². The molecule has 196 valence electrons. The van der Waals surface area contributed by atoms with E-state index in [1.165, 1.54) is 27.9 Å². The van der Waals surface area contributed by atoms with Gasteiger partial charge in [0.1, 0.15) is 5.82 Å². The van der Waals surface area contributed by atoms with Gasteiger partial charge in [-0.1, -0.05) is 45.0 Å². The lowest BCUT2D eigenvalue weighted by Crippen LogP contribution is -2.18. The molecule has 3 aromatic heterocycles. The van der Waals surface area contributed by atoms with Crippen LogP contribution in [0, 0.1) is 6.92 Å². The number of anilines is 2. The molecule has 0 amide bonds. The van der Waals surface area contributed by atoms with Gasteiger partial charge in [0.05, 0.1) is 22.4 Å². The molecule has 0 saturated heterocycles. The van der Waals surface area contributed by atoms with Crippen molar-refractivity contribution in [2.75, 3.05) is 23.8 Å². The van der Waals surface area contributed by atoms with Crippen molar-refractivity contribution < 1.29 is 0 Å². The summed E-state index contributed by atoms with van der Waals surface area (Å²) in [5, 5.41) is 3.80. The molecule has 0 saturated carbocycles. The van der Waals surface area contributed by atoms with Crippen molar-refractivity contribution in [1.29, 1.82) is 0 Å². The van der Waals surface area contributed by atoms with Gasteiger partial charge in [-0.3, -0.25) is 0 Å². The zero-order chi connectivity index (χ0) is 26.7. The Kier molecular flexibility index (Phi) is 8.21. The van der Waals surface area contributed by atoms with Gasteiger partial charge in [0.2, 0.25) is 0 Å². The summed E-state index contributed by atoms with van der Waals surface area (Å²) in [5.41, 5.74) is 10.7. The van der Waals surface area contributed by atoms with Crippen molar-refractivity contribution in [3.8, 4) is 11.3 Å². The van der Waals surface area contributed by atoms with E-state index in [0.717, 1.165) is 54.2 Å². The van der Waals surface area contributed by atoms with E-state index in [9.17, 15) is 0 Å². The number of aryl methyl sites for hydroxylation is 1. The lowest BCUT2D eigenvalue weighted by molar-refractivity contribution is 0.596. The van der Waals surface area contributed by atoms with Crippen LogP contribution in [0.5, 0.6) is 0 Å². The van der Waals surface area contributed by atoms with Crippen LogP contribution in [-0.4, -0.2) is 28.1 Å².